The summed E-state index contributed by atoms with van der Waals surface area (Å²) in [6.45, 7) is 1.89. The molecule has 2 aromatic carbocycles. The van der Waals surface area contributed by atoms with Crippen molar-refractivity contribution in [3.63, 3.8) is 0 Å². The topological polar surface area (TPSA) is 46.5 Å². The van der Waals surface area contributed by atoms with Crippen LogP contribution in [-0.4, -0.2) is 11.1 Å². The van der Waals surface area contributed by atoms with Crippen LogP contribution in [-0.2, 0) is 0 Å². The number of carbonyl (C=O) groups is 1. The van der Waals surface area contributed by atoms with Crippen LogP contribution in [0.15, 0.2) is 42.5 Å². The number of aromatic carboxylic acids is 1. The maximum absolute atomic E-state index is 10.7. The van der Waals surface area contributed by atoms with E-state index in [0.717, 1.165) is 5.56 Å². The number of ether oxygens (including phenoxy) is 1. The van der Waals surface area contributed by atoms with E-state index in [4.69, 9.17) is 21.4 Å². The molecule has 0 unspecified atom stereocenters. The average Bonchev–Trinajstić information content (AvgIpc) is 2.34. The van der Waals surface area contributed by atoms with Crippen LogP contribution in [0.2, 0.25) is 5.02 Å². The molecule has 92 valence electrons. The number of hydrogen-bond donors (Lipinski definition) is 1. The highest BCUT2D eigenvalue weighted by Gasteiger charge is 2.04. The summed E-state index contributed by atoms with van der Waals surface area (Å²) in [4.78, 5) is 10.7. The van der Waals surface area contributed by atoms with E-state index in [-0.39, 0.29) is 5.56 Å². The normalized spacial score (nSPS) is 10.1. The zero-order chi connectivity index (χ0) is 13.1. The predicted molar refractivity (Wildman–Crippen MR) is 69.7 cm³/mol. The van der Waals surface area contributed by atoms with E-state index < -0.39 is 5.97 Å². The van der Waals surface area contributed by atoms with Gasteiger partial charge in [0.05, 0.1) is 5.56 Å². The van der Waals surface area contributed by atoms with Crippen molar-refractivity contribution in [3.05, 3.63) is 58.6 Å². The maximum Gasteiger partial charge on any atom is 0.335 e. The van der Waals surface area contributed by atoms with Gasteiger partial charge in [0.1, 0.15) is 11.5 Å². The van der Waals surface area contributed by atoms with Crippen molar-refractivity contribution in [1.29, 1.82) is 0 Å². The molecular formula is C14H11ClO3. The second-order valence-corrected chi connectivity index (χ2v) is 4.25. The number of aryl methyl sites for hydroxylation is 1. The molecule has 0 aromatic heterocycles. The highest BCUT2D eigenvalue weighted by molar-refractivity contribution is 6.31. The number of rotatable bonds is 3. The summed E-state index contributed by atoms with van der Waals surface area (Å²) in [5, 5.41) is 9.46. The zero-order valence-corrected chi connectivity index (χ0v) is 10.4. The van der Waals surface area contributed by atoms with Crippen LogP contribution in [0.25, 0.3) is 0 Å². The molecule has 0 aliphatic carbocycles. The highest BCUT2D eigenvalue weighted by atomic mass is 35.5. The molecule has 2 rings (SSSR count). The molecule has 2 aromatic rings. The smallest absolute Gasteiger partial charge is 0.335 e. The lowest BCUT2D eigenvalue weighted by Crippen LogP contribution is -1.95. The van der Waals surface area contributed by atoms with Gasteiger partial charge in [0, 0.05) is 5.02 Å². The van der Waals surface area contributed by atoms with Gasteiger partial charge in [-0.2, -0.15) is 0 Å². The van der Waals surface area contributed by atoms with E-state index in [0.29, 0.717) is 16.5 Å². The van der Waals surface area contributed by atoms with E-state index in [1.807, 2.05) is 13.0 Å². The Morgan fingerprint density at radius 2 is 1.72 bits per heavy atom. The van der Waals surface area contributed by atoms with Gasteiger partial charge in [-0.15, -0.1) is 0 Å². The van der Waals surface area contributed by atoms with Gasteiger partial charge in [-0.1, -0.05) is 11.6 Å². The molecule has 18 heavy (non-hydrogen) atoms. The van der Waals surface area contributed by atoms with Crippen LogP contribution in [0.3, 0.4) is 0 Å². The van der Waals surface area contributed by atoms with Crippen molar-refractivity contribution in [3.8, 4) is 11.5 Å². The summed E-state index contributed by atoms with van der Waals surface area (Å²) >= 11 is 5.92. The number of carboxylic acid groups (broad SMARTS) is 1. The standard InChI is InChI=1S/C14H11ClO3/c1-9-8-12(6-7-13(9)15)18-11-4-2-10(3-5-11)14(16)17/h2-8H,1H3,(H,16,17). The Kier molecular flexibility index (Phi) is 3.53. The number of benzene rings is 2. The van der Waals surface area contributed by atoms with Crippen molar-refractivity contribution >= 4 is 17.6 Å². The third kappa shape index (κ3) is 2.81. The molecule has 0 spiro atoms. The highest BCUT2D eigenvalue weighted by Crippen LogP contribution is 2.26. The van der Waals surface area contributed by atoms with E-state index in [1.165, 1.54) is 12.1 Å². The van der Waals surface area contributed by atoms with Gasteiger partial charge >= 0.3 is 5.97 Å². The molecule has 0 saturated carbocycles. The van der Waals surface area contributed by atoms with Crippen LogP contribution >= 0.6 is 11.6 Å². The largest absolute Gasteiger partial charge is 0.478 e. The Morgan fingerprint density at radius 1 is 1.11 bits per heavy atom. The Hall–Kier alpha value is -2.00. The third-order valence-corrected chi connectivity index (χ3v) is 2.89. The molecule has 0 aliphatic heterocycles. The summed E-state index contributed by atoms with van der Waals surface area (Å²) in [5.74, 6) is 0.297. The van der Waals surface area contributed by atoms with Crippen molar-refractivity contribution in [2.24, 2.45) is 0 Å². The predicted octanol–water partition coefficient (Wildman–Crippen LogP) is 4.14. The molecule has 4 heteroatoms. The van der Waals surface area contributed by atoms with Gasteiger partial charge in [0.25, 0.3) is 0 Å². The quantitative estimate of drug-likeness (QED) is 0.904. The molecule has 0 fully saturated rings. The minimum atomic E-state index is -0.955. The van der Waals surface area contributed by atoms with E-state index in [1.54, 1.807) is 24.3 Å². The molecule has 3 nitrogen and oxygen atoms in total. The summed E-state index contributed by atoms with van der Waals surface area (Å²) in [5.41, 5.74) is 1.16. The first-order chi connectivity index (χ1) is 8.56. The Labute approximate surface area is 110 Å². The molecule has 1 N–H and O–H groups in total. The summed E-state index contributed by atoms with van der Waals surface area (Å²) in [6, 6.07) is 11.6. The summed E-state index contributed by atoms with van der Waals surface area (Å²) < 4.78 is 5.60. The minimum Gasteiger partial charge on any atom is -0.478 e. The Morgan fingerprint density at radius 3 is 2.28 bits per heavy atom. The van der Waals surface area contributed by atoms with Crippen molar-refractivity contribution in [1.82, 2.24) is 0 Å². The van der Waals surface area contributed by atoms with Crippen molar-refractivity contribution in [2.45, 2.75) is 6.92 Å². The lowest BCUT2D eigenvalue weighted by Gasteiger charge is -2.07. The first-order valence-corrected chi connectivity index (χ1v) is 5.71. The molecular weight excluding hydrogens is 252 g/mol. The monoisotopic (exact) mass is 262 g/mol. The van der Waals surface area contributed by atoms with Crippen LogP contribution in [0.1, 0.15) is 15.9 Å². The van der Waals surface area contributed by atoms with Gasteiger partial charge in [-0.05, 0) is 55.0 Å². The molecule has 0 atom stereocenters. The van der Waals surface area contributed by atoms with E-state index >= 15 is 0 Å². The lowest BCUT2D eigenvalue weighted by atomic mass is 10.2. The maximum atomic E-state index is 10.7. The first kappa shape index (κ1) is 12.5. The third-order valence-electron chi connectivity index (χ3n) is 2.47. The van der Waals surface area contributed by atoms with Gasteiger partial charge in [-0.25, -0.2) is 4.79 Å². The molecule has 0 saturated heterocycles. The van der Waals surface area contributed by atoms with Crippen LogP contribution in [0.4, 0.5) is 0 Å². The fraction of sp³-hybridized carbons (Fsp3) is 0.0714. The van der Waals surface area contributed by atoms with Crippen LogP contribution in [0, 0.1) is 6.92 Å². The van der Waals surface area contributed by atoms with Crippen LogP contribution < -0.4 is 4.74 Å². The Bertz CT molecular complexity index is 576. The number of hydrogen-bond acceptors (Lipinski definition) is 2. The average molecular weight is 263 g/mol. The molecule has 0 radical (unpaired) electrons. The molecule has 0 heterocycles. The number of halogens is 1. The second kappa shape index (κ2) is 5.10. The molecule has 0 bridgehead atoms. The van der Waals surface area contributed by atoms with Crippen molar-refractivity contribution in [2.75, 3.05) is 0 Å². The Balaban J connectivity index is 2.18. The van der Waals surface area contributed by atoms with E-state index in [9.17, 15) is 4.79 Å². The van der Waals surface area contributed by atoms with Gasteiger partial charge in [0.2, 0.25) is 0 Å². The van der Waals surface area contributed by atoms with Gasteiger partial charge in [0.15, 0.2) is 0 Å². The van der Waals surface area contributed by atoms with Crippen LogP contribution in [0.5, 0.6) is 11.5 Å². The van der Waals surface area contributed by atoms with Gasteiger partial charge in [-0.3, -0.25) is 0 Å². The van der Waals surface area contributed by atoms with Crippen molar-refractivity contribution < 1.29 is 14.6 Å². The minimum absolute atomic E-state index is 0.231. The van der Waals surface area contributed by atoms with Gasteiger partial charge < -0.3 is 9.84 Å². The SMILES string of the molecule is Cc1cc(Oc2ccc(C(=O)O)cc2)ccc1Cl. The number of carboxylic acids is 1. The first-order valence-electron chi connectivity index (χ1n) is 5.33. The zero-order valence-electron chi connectivity index (χ0n) is 9.68. The lowest BCUT2D eigenvalue weighted by molar-refractivity contribution is 0.0697. The van der Waals surface area contributed by atoms with E-state index in [2.05, 4.69) is 0 Å². The summed E-state index contributed by atoms with van der Waals surface area (Å²) in [6.07, 6.45) is 0. The fourth-order valence-corrected chi connectivity index (χ4v) is 1.60. The molecule has 0 aliphatic rings. The molecule has 0 amide bonds. The summed E-state index contributed by atoms with van der Waals surface area (Å²) in [7, 11) is 0. The second-order valence-electron chi connectivity index (χ2n) is 3.84. The fourth-order valence-electron chi connectivity index (χ4n) is 1.48.